The summed E-state index contributed by atoms with van der Waals surface area (Å²) in [5.74, 6) is 0.259. The number of hydrogen-bond donors (Lipinski definition) is 1. The first-order valence-corrected chi connectivity index (χ1v) is 7.38. The molecule has 1 atom stereocenters. The third-order valence-corrected chi connectivity index (χ3v) is 3.95. The monoisotopic (exact) mass is 275 g/mol. The van der Waals surface area contributed by atoms with Crippen LogP contribution in [-0.2, 0) is 11.2 Å². The summed E-state index contributed by atoms with van der Waals surface area (Å²) in [6.45, 7) is 5.05. The van der Waals surface area contributed by atoms with Gasteiger partial charge in [-0.15, -0.1) is 0 Å². The number of hydrogen-bond acceptors (Lipinski definition) is 3. The van der Waals surface area contributed by atoms with Gasteiger partial charge in [0.1, 0.15) is 0 Å². The molecule has 1 fully saturated rings. The van der Waals surface area contributed by atoms with E-state index >= 15 is 0 Å². The number of aryl methyl sites for hydroxylation is 1. The number of amides is 1. The van der Waals surface area contributed by atoms with Gasteiger partial charge < -0.3 is 15.5 Å². The van der Waals surface area contributed by atoms with Gasteiger partial charge in [0.25, 0.3) is 0 Å². The van der Waals surface area contributed by atoms with Gasteiger partial charge in [0.2, 0.25) is 5.91 Å². The third kappa shape index (κ3) is 3.97. The Hall–Kier alpha value is -1.55. The smallest absolute Gasteiger partial charge is 0.223 e. The fourth-order valence-electron chi connectivity index (χ4n) is 2.89. The van der Waals surface area contributed by atoms with Crippen LogP contribution < -0.4 is 5.73 Å². The van der Waals surface area contributed by atoms with Gasteiger partial charge in [-0.25, -0.2) is 0 Å². The number of nitrogens with zero attached hydrogens (tertiary/aromatic N) is 2. The summed E-state index contributed by atoms with van der Waals surface area (Å²) in [7, 11) is 2.12. The second-order valence-electron chi connectivity index (χ2n) is 5.80. The van der Waals surface area contributed by atoms with Gasteiger partial charge in [0.05, 0.1) is 0 Å². The second-order valence-corrected chi connectivity index (χ2v) is 5.80. The van der Waals surface area contributed by atoms with Crippen molar-refractivity contribution < 1.29 is 4.79 Å². The molecule has 1 amide bonds. The van der Waals surface area contributed by atoms with Crippen molar-refractivity contribution in [2.75, 3.05) is 32.4 Å². The zero-order valence-corrected chi connectivity index (χ0v) is 12.5. The Morgan fingerprint density at radius 1 is 1.40 bits per heavy atom. The van der Waals surface area contributed by atoms with Crippen LogP contribution in [0.3, 0.4) is 0 Å². The first kappa shape index (κ1) is 14.9. The molecule has 0 aliphatic carbocycles. The lowest BCUT2D eigenvalue weighted by Gasteiger charge is -2.28. The summed E-state index contributed by atoms with van der Waals surface area (Å²) in [4.78, 5) is 16.7. The molecule has 110 valence electrons. The predicted molar refractivity (Wildman–Crippen MR) is 82.5 cm³/mol. The highest BCUT2D eigenvalue weighted by molar-refractivity contribution is 5.76. The molecule has 4 heteroatoms. The number of carbonyl (C=O) groups excluding carboxylic acids is 1. The maximum Gasteiger partial charge on any atom is 0.223 e. The lowest BCUT2D eigenvalue weighted by atomic mass is 10.1. The first-order chi connectivity index (χ1) is 9.56. The van der Waals surface area contributed by atoms with Crippen molar-refractivity contribution in [3.8, 4) is 0 Å². The average molecular weight is 275 g/mol. The van der Waals surface area contributed by atoms with Crippen LogP contribution in [0.1, 0.15) is 25.3 Å². The minimum atomic E-state index is 0.259. The standard InChI is InChI=1S/C16H25N3O/c1-13-12-18(2)9-4-10-19(13)16(20)8-7-14-5-3-6-15(17)11-14/h3,5-6,11,13H,4,7-10,12,17H2,1-2H3. The van der Waals surface area contributed by atoms with Gasteiger partial charge >= 0.3 is 0 Å². The summed E-state index contributed by atoms with van der Waals surface area (Å²) in [5.41, 5.74) is 7.67. The SMILES string of the molecule is CC1CN(C)CCCN1C(=O)CCc1cccc(N)c1. The number of likely N-dealkylation sites (N-methyl/N-ethyl adjacent to an activating group) is 1. The Morgan fingerprint density at radius 3 is 2.95 bits per heavy atom. The van der Waals surface area contributed by atoms with Crippen molar-refractivity contribution in [2.24, 2.45) is 0 Å². The average Bonchev–Trinajstić information content (AvgIpc) is 2.57. The second kappa shape index (κ2) is 6.75. The Labute approximate surface area is 121 Å². The van der Waals surface area contributed by atoms with Crippen molar-refractivity contribution in [1.82, 2.24) is 9.80 Å². The molecular formula is C16H25N3O. The molecule has 1 aliphatic rings. The number of benzene rings is 1. The van der Waals surface area contributed by atoms with E-state index in [1.54, 1.807) is 0 Å². The van der Waals surface area contributed by atoms with Crippen molar-refractivity contribution in [1.29, 1.82) is 0 Å². The lowest BCUT2D eigenvalue weighted by molar-refractivity contribution is -0.133. The summed E-state index contributed by atoms with van der Waals surface area (Å²) >= 11 is 0. The van der Waals surface area contributed by atoms with E-state index in [2.05, 4.69) is 18.9 Å². The Balaban J connectivity index is 1.90. The van der Waals surface area contributed by atoms with Crippen LogP contribution in [0.5, 0.6) is 0 Å². The quantitative estimate of drug-likeness (QED) is 0.855. The topological polar surface area (TPSA) is 49.6 Å². The minimum Gasteiger partial charge on any atom is -0.399 e. The Morgan fingerprint density at radius 2 is 2.20 bits per heavy atom. The highest BCUT2D eigenvalue weighted by atomic mass is 16.2. The number of carbonyl (C=O) groups is 1. The number of anilines is 1. The maximum absolute atomic E-state index is 12.4. The van der Waals surface area contributed by atoms with Crippen molar-refractivity contribution in [2.45, 2.75) is 32.2 Å². The van der Waals surface area contributed by atoms with Crippen LogP contribution in [0.25, 0.3) is 0 Å². The fraction of sp³-hybridized carbons (Fsp3) is 0.562. The fourth-order valence-corrected chi connectivity index (χ4v) is 2.89. The highest BCUT2D eigenvalue weighted by Gasteiger charge is 2.23. The molecule has 1 unspecified atom stereocenters. The maximum atomic E-state index is 12.4. The van der Waals surface area contributed by atoms with E-state index in [0.29, 0.717) is 12.5 Å². The van der Waals surface area contributed by atoms with E-state index in [1.807, 2.05) is 29.2 Å². The van der Waals surface area contributed by atoms with E-state index in [-0.39, 0.29) is 5.91 Å². The molecule has 0 radical (unpaired) electrons. The zero-order valence-electron chi connectivity index (χ0n) is 12.5. The number of nitrogen functional groups attached to an aromatic ring is 1. The van der Waals surface area contributed by atoms with E-state index in [1.165, 1.54) is 0 Å². The molecule has 1 saturated heterocycles. The predicted octanol–water partition coefficient (Wildman–Crippen LogP) is 1.75. The van der Waals surface area contributed by atoms with E-state index in [9.17, 15) is 4.79 Å². The Bertz CT molecular complexity index is 461. The molecule has 1 aromatic carbocycles. The minimum absolute atomic E-state index is 0.259. The van der Waals surface area contributed by atoms with Gasteiger partial charge in [0.15, 0.2) is 0 Å². The van der Waals surface area contributed by atoms with Crippen molar-refractivity contribution in [3.63, 3.8) is 0 Å². The van der Waals surface area contributed by atoms with Crippen LogP contribution in [0.4, 0.5) is 5.69 Å². The van der Waals surface area contributed by atoms with Gasteiger partial charge in [-0.3, -0.25) is 4.79 Å². The first-order valence-electron chi connectivity index (χ1n) is 7.38. The van der Waals surface area contributed by atoms with Crippen LogP contribution in [0.2, 0.25) is 0 Å². The molecule has 0 bridgehead atoms. The van der Waals surface area contributed by atoms with Crippen LogP contribution in [0.15, 0.2) is 24.3 Å². The molecule has 2 N–H and O–H groups in total. The van der Waals surface area contributed by atoms with Crippen LogP contribution >= 0.6 is 0 Å². The van der Waals surface area contributed by atoms with E-state index < -0.39 is 0 Å². The molecule has 1 aliphatic heterocycles. The van der Waals surface area contributed by atoms with Crippen molar-refractivity contribution >= 4 is 11.6 Å². The van der Waals surface area contributed by atoms with E-state index in [0.717, 1.165) is 43.7 Å². The van der Waals surface area contributed by atoms with Crippen LogP contribution in [0, 0.1) is 0 Å². The molecule has 0 aromatic heterocycles. The normalized spacial score (nSPS) is 20.7. The van der Waals surface area contributed by atoms with E-state index in [4.69, 9.17) is 5.73 Å². The zero-order chi connectivity index (χ0) is 14.5. The summed E-state index contributed by atoms with van der Waals surface area (Å²) in [5, 5.41) is 0. The lowest BCUT2D eigenvalue weighted by Crippen LogP contribution is -2.42. The van der Waals surface area contributed by atoms with Gasteiger partial charge in [0, 0.05) is 31.2 Å². The van der Waals surface area contributed by atoms with Gasteiger partial charge in [-0.1, -0.05) is 12.1 Å². The summed E-state index contributed by atoms with van der Waals surface area (Å²) in [6, 6.07) is 8.10. The number of rotatable bonds is 3. The largest absolute Gasteiger partial charge is 0.399 e. The summed E-state index contributed by atoms with van der Waals surface area (Å²) in [6.07, 6.45) is 2.39. The highest BCUT2D eigenvalue weighted by Crippen LogP contribution is 2.13. The molecule has 20 heavy (non-hydrogen) atoms. The molecule has 1 heterocycles. The summed E-state index contributed by atoms with van der Waals surface area (Å²) < 4.78 is 0. The third-order valence-electron chi connectivity index (χ3n) is 3.95. The molecule has 4 nitrogen and oxygen atoms in total. The van der Waals surface area contributed by atoms with Gasteiger partial charge in [-0.2, -0.15) is 0 Å². The van der Waals surface area contributed by atoms with Crippen LogP contribution in [-0.4, -0.2) is 48.4 Å². The molecule has 0 spiro atoms. The molecule has 0 saturated carbocycles. The molecule has 2 rings (SSSR count). The van der Waals surface area contributed by atoms with Gasteiger partial charge in [-0.05, 0) is 51.1 Å². The number of nitrogens with two attached hydrogens (primary N) is 1. The molecular weight excluding hydrogens is 250 g/mol. The Kier molecular flexibility index (Phi) is 5.01. The van der Waals surface area contributed by atoms with Crippen molar-refractivity contribution in [3.05, 3.63) is 29.8 Å². The molecule has 1 aromatic rings.